The largest absolute Gasteiger partial charge is 0.485 e. The first-order valence-corrected chi connectivity index (χ1v) is 14.8. The first-order valence-electron chi connectivity index (χ1n) is 14.8. The number of fused-ring (bicyclic) bond motifs is 6. The molecule has 0 amide bonds. The highest BCUT2D eigenvalue weighted by atomic mass is 16.5. The van der Waals surface area contributed by atoms with Crippen LogP contribution in [0.2, 0.25) is 0 Å². The molecule has 5 heteroatoms. The van der Waals surface area contributed by atoms with Gasteiger partial charge in [0, 0.05) is 33.0 Å². The normalized spacial score (nSPS) is 16.9. The summed E-state index contributed by atoms with van der Waals surface area (Å²) in [7, 11) is 0. The van der Waals surface area contributed by atoms with Crippen LogP contribution in [0.4, 0.5) is 0 Å². The van der Waals surface area contributed by atoms with Crippen molar-refractivity contribution in [2.45, 2.75) is 12.0 Å². The maximum Gasteiger partial charge on any atom is 0.164 e. The lowest BCUT2D eigenvalue weighted by atomic mass is 9.83. The van der Waals surface area contributed by atoms with Crippen molar-refractivity contribution in [1.29, 1.82) is 0 Å². The van der Waals surface area contributed by atoms with E-state index in [0.717, 1.165) is 61.1 Å². The Morgan fingerprint density at radius 3 is 2.16 bits per heavy atom. The van der Waals surface area contributed by atoms with Gasteiger partial charge in [-0.25, -0.2) is 15.0 Å². The molecule has 2 aromatic heterocycles. The van der Waals surface area contributed by atoms with Gasteiger partial charge in [0.25, 0.3) is 0 Å². The summed E-state index contributed by atoms with van der Waals surface area (Å²) in [6.45, 7) is 0. The van der Waals surface area contributed by atoms with E-state index in [9.17, 15) is 0 Å². The molecule has 0 N–H and O–H groups in total. The molecule has 2 unspecified atom stereocenters. The van der Waals surface area contributed by atoms with Gasteiger partial charge in [-0.1, -0.05) is 115 Å². The number of benzene rings is 5. The van der Waals surface area contributed by atoms with Gasteiger partial charge in [0.05, 0.1) is 5.92 Å². The fraction of sp³-hybridized carbons (Fsp3) is 0.0513. The van der Waals surface area contributed by atoms with E-state index in [4.69, 9.17) is 24.1 Å². The number of ether oxygens (including phenoxy) is 1. The van der Waals surface area contributed by atoms with Crippen LogP contribution in [0.5, 0.6) is 5.75 Å². The van der Waals surface area contributed by atoms with Gasteiger partial charge in [0.15, 0.2) is 17.5 Å². The van der Waals surface area contributed by atoms with Crippen LogP contribution < -0.4 is 4.74 Å². The molecule has 0 saturated carbocycles. The van der Waals surface area contributed by atoms with Crippen molar-refractivity contribution in [2.75, 3.05) is 0 Å². The number of nitrogens with zero attached hydrogens (tertiary/aromatic N) is 3. The highest BCUT2D eigenvalue weighted by Gasteiger charge is 2.38. The molecular formula is C39H25N3O2. The maximum atomic E-state index is 6.54. The van der Waals surface area contributed by atoms with Gasteiger partial charge in [-0.05, 0) is 35.4 Å². The number of hydrogen-bond acceptors (Lipinski definition) is 5. The minimum Gasteiger partial charge on any atom is -0.485 e. The number of aromatic nitrogens is 3. The minimum absolute atomic E-state index is 0.0377. The Labute approximate surface area is 253 Å². The van der Waals surface area contributed by atoms with Gasteiger partial charge in [0.1, 0.15) is 23.0 Å². The van der Waals surface area contributed by atoms with Gasteiger partial charge in [-0.15, -0.1) is 0 Å². The fourth-order valence-electron chi connectivity index (χ4n) is 6.48. The lowest BCUT2D eigenvalue weighted by Gasteiger charge is -2.22. The second-order valence-electron chi connectivity index (χ2n) is 11.1. The number of rotatable bonds is 4. The zero-order valence-corrected chi connectivity index (χ0v) is 23.6. The van der Waals surface area contributed by atoms with E-state index >= 15 is 0 Å². The van der Waals surface area contributed by atoms with Crippen molar-refractivity contribution >= 4 is 27.5 Å². The molecule has 5 aromatic carbocycles. The molecule has 44 heavy (non-hydrogen) atoms. The average molecular weight is 568 g/mol. The van der Waals surface area contributed by atoms with Gasteiger partial charge in [-0.3, -0.25) is 0 Å². The fourth-order valence-corrected chi connectivity index (χ4v) is 6.48. The SMILES string of the molecule is C1=CC2Oc3cc(-c4ccccc4)ccc3C2C(c2nc(-c3ccccc3)nc(-c3cccc4oc5ccccc5c34)n2)=C1. The van der Waals surface area contributed by atoms with Crippen molar-refractivity contribution < 1.29 is 9.15 Å². The summed E-state index contributed by atoms with van der Waals surface area (Å²) in [6.07, 6.45) is 6.15. The number of hydrogen-bond donors (Lipinski definition) is 0. The van der Waals surface area contributed by atoms with E-state index in [2.05, 4.69) is 72.8 Å². The quantitative estimate of drug-likeness (QED) is 0.212. The standard InChI is InChI=1S/C39H25N3O2/c1-3-11-24(12-4-1)26-21-22-28-34(23-26)44-33-20-10-17-30(36(28)33)39-41-37(25-13-5-2-6-14-25)40-38(42-39)29-16-9-19-32-35(29)27-15-7-8-18-31(27)43-32/h1-23,33,36H. The predicted octanol–water partition coefficient (Wildman–Crippen LogP) is 9.27. The molecule has 0 spiro atoms. The zero-order chi connectivity index (χ0) is 29.0. The molecule has 5 nitrogen and oxygen atoms in total. The Bertz CT molecular complexity index is 2270. The van der Waals surface area contributed by atoms with Crippen LogP contribution in [0.25, 0.3) is 61.4 Å². The van der Waals surface area contributed by atoms with Crippen LogP contribution in [0.15, 0.2) is 144 Å². The van der Waals surface area contributed by atoms with Gasteiger partial charge in [0.2, 0.25) is 0 Å². The molecule has 0 saturated heterocycles. The highest BCUT2D eigenvalue weighted by Crippen LogP contribution is 2.49. The first-order chi connectivity index (χ1) is 21.8. The molecule has 0 radical (unpaired) electrons. The highest BCUT2D eigenvalue weighted by molar-refractivity contribution is 6.11. The lowest BCUT2D eigenvalue weighted by molar-refractivity contribution is 0.271. The van der Waals surface area contributed by atoms with E-state index in [0.29, 0.717) is 17.5 Å². The Hall–Kier alpha value is -5.81. The lowest BCUT2D eigenvalue weighted by Crippen LogP contribution is -2.20. The summed E-state index contributed by atoms with van der Waals surface area (Å²) in [5.41, 5.74) is 7.92. The summed E-state index contributed by atoms with van der Waals surface area (Å²) >= 11 is 0. The molecule has 7 aromatic rings. The predicted molar refractivity (Wildman–Crippen MR) is 174 cm³/mol. The van der Waals surface area contributed by atoms with Crippen LogP contribution >= 0.6 is 0 Å². The van der Waals surface area contributed by atoms with Crippen molar-refractivity contribution in [3.8, 4) is 39.7 Å². The average Bonchev–Trinajstić information content (AvgIpc) is 3.67. The molecule has 0 fully saturated rings. The zero-order valence-electron chi connectivity index (χ0n) is 23.6. The molecule has 1 aliphatic heterocycles. The smallest absolute Gasteiger partial charge is 0.164 e. The third-order valence-electron chi connectivity index (χ3n) is 8.53. The van der Waals surface area contributed by atoms with E-state index in [1.54, 1.807) is 0 Å². The molecule has 0 bridgehead atoms. The van der Waals surface area contributed by atoms with Crippen molar-refractivity contribution in [2.24, 2.45) is 0 Å². The van der Waals surface area contributed by atoms with Gasteiger partial charge in [-0.2, -0.15) is 0 Å². The van der Waals surface area contributed by atoms with Crippen molar-refractivity contribution in [3.63, 3.8) is 0 Å². The molecule has 9 rings (SSSR count). The molecule has 208 valence electrons. The third kappa shape index (κ3) is 3.97. The van der Waals surface area contributed by atoms with Gasteiger partial charge >= 0.3 is 0 Å². The van der Waals surface area contributed by atoms with E-state index in [1.165, 1.54) is 0 Å². The summed E-state index contributed by atoms with van der Waals surface area (Å²) in [5.74, 6) is 2.73. The van der Waals surface area contributed by atoms with Crippen LogP contribution in [0.1, 0.15) is 17.3 Å². The summed E-state index contributed by atoms with van der Waals surface area (Å²) in [5, 5.41) is 2.03. The third-order valence-corrected chi connectivity index (χ3v) is 8.53. The molecule has 1 aliphatic carbocycles. The second kappa shape index (κ2) is 9.89. The van der Waals surface area contributed by atoms with Crippen LogP contribution in [0, 0.1) is 0 Å². The van der Waals surface area contributed by atoms with E-state index in [-0.39, 0.29) is 12.0 Å². The Morgan fingerprint density at radius 1 is 0.568 bits per heavy atom. The minimum atomic E-state index is -0.141. The maximum absolute atomic E-state index is 6.54. The van der Waals surface area contributed by atoms with Crippen LogP contribution in [-0.4, -0.2) is 21.1 Å². The molecular weight excluding hydrogens is 542 g/mol. The summed E-state index contributed by atoms with van der Waals surface area (Å²) in [4.78, 5) is 15.3. The summed E-state index contributed by atoms with van der Waals surface area (Å²) in [6, 6.07) is 41.1. The molecule has 3 heterocycles. The summed E-state index contributed by atoms with van der Waals surface area (Å²) < 4.78 is 12.7. The Morgan fingerprint density at radius 2 is 1.30 bits per heavy atom. The van der Waals surface area contributed by atoms with Crippen molar-refractivity contribution in [1.82, 2.24) is 15.0 Å². The van der Waals surface area contributed by atoms with Crippen LogP contribution in [0.3, 0.4) is 0 Å². The number of allylic oxidation sites excluding steroid dienone is 2. The number of para-hydroxylation sites is 1. The van der Waals surface area contributed by atoms with Crippen LogP contribution in [-0.2, 0) is 0 Å². The molecule has 2 atom stereocenters. The van der Waals surface area contributed by atoms with E-state index in [1.807, 2.05) is 66.7 Å². The second-order valence-corrected chi connectivity index (χ2v) is 11.1. The number of furan rings is 1. The van der Waals surface area contributed by atoms with Gasteiger partial charge < -0.3 is 9.15 Å². The topological polar surface area (TPSA) is 61.0 Å². The van der Waals surface area contributed by atoms with E-state index < -0.39 is 0 Å². The first kappa shape index (κ1) is 24.8. The monoisotopic (exact) mass is 567 g/mol. The van der Waals surface area contributed by atoms with Crippen molar-refractivity contribution in [3.05, 3.63) is 151 Å². The Balaban J connectivity index is 1.22. The Kier molecular flexibility index (Phi) is 5.56. The molecule has 2 aliphatic rings.